The molecule has 3 nitrogen and oxygen atoms in total. The summed E-state index contributed by atoms with van der Waals surface area (Å²) < 4.78 is 0. The van der Waals surface area contributed by atoms with E-state index in [-0.39, 0.29) is 6.61 Å². The zero-order chi connectivity index (χ0) is 16.8. The quantitative estimate of drug-likeness (QED) is 0.743. The zero-order valence-corrected chi connectivity index (χ0v) is 13.9. The summed E-state index contributed by atoms with van der Waals surface area (Å²) in [4.78, 5) is 6.62. The molecule has 0 amide bonds. The Kier molecular flexibility index (Phi) is 5.24. The van der Waals surface area contributed by atoms with Crippen molar-refractivity contribution in [1.82, 2.24) is 4.98 Å². The third-order valence-corrected chi connectivity index (χ3v) is 4.04. The molecule has 0 saturated heterocycles. The monoisotopic (exact) mass is 318 g/mol. The first-order valence-corrected chi connectivity index (χ1v) is 8.15. The van der Waals surface area contributed by atoms with Crippen LogP contribution in [0.3, 0.4) is 0 Å². The van der Waals surface area contributed by atoms with Gasteiger partial charge in [-0.1, -0.05) is 60.7 Å². The van der Waals surface area contributed by atoms with Gasteiger partial charge in [0.05, 0.1) is 6.61 Å². The minimum absolute atomic E-state index is 0.0112. The number of aryl methyl sites for hydroxylation is 1. The Labute approximate surface area is 143 Å². The van der Waals surface area contributed by atoms with E-state index in [9.17, 15) is 5.11 Å². The lowest BCUT2D eigenvalue weighted by Gasteiger charge is -2.27. The Morgan fingerprint density at radius 1 is 0.875 bits per heavy atom. The van der Waals surface area contributed by atoms with Crippen LogP contribution in [0.25, 0.3) is 0 Å². The van der Waals surface area contributed by atoms with Gasteiger partial charge in [-0.2, -0.15) is 0 Å². The van der Waals surface area contributed by atoms with Crippen LogP contribution >= 0.6 is 0 Å². The lowest BCUT2D eigenvalue weighted by molar-refractivity contribution is 0.281. The van der Waals surface area contributed by atoms with E-state index in [2.05, 4.69) is 64.5 Å². The summed E-state index contributed by atoms with van der Waals surface area (Å²) in [6.45, 7) is 3.54. The lowest BCUT2D eigenvalue weighted by Crippen LogP contribution is -2.23. The van der Waals surface area contributed by atoms with Gasteiger partial charge in [-0.25, -0.2) is 0 Å². The first-order valence-electron chi connectivity index (χ1n) is 8.15. The summed E-state index contributed by atoms with van der Waals surface area (Å²) in [7, 11) is 0. The van der Waals surface area contributed by atoms with Crippen molar-refractivity contribution in [1.29, 1.82) is 0 Å². The third kappa shape index (κ3) is 4.00. The summed E-state index contributed by atoms with van der Waals surface area (Å²) in [5, 5.41) is 9.72. The van der Waals surface area contributed by atoms with E-state index >= 15 is 0 Å². The fourth-order valence-corrected chi connectivity index (χ4v) is 2.82. The van der Waals surface area contributed by atoms with Crippen molar-refractivity contribution in [3.8, 4) is 0 Å². The standard InChI is InChI=1S/C21H22N2O/c1-17-12-21(20(16-24)13-22-17)23(14-18-8-4-2-5-9-18)15-19-10-6-3-7-11-19/h2-13,24H,14-16H2,1H3. The Morgan fingerprint density at radius 3 is 1.92 bits per heavy atom. The highest BCUT2D eigenvalue weighted by Gasteiger charge is 2.13. The molecule has 3 heteroatoms. The van der Waals surface area contributed by atoms with Gasteiger partial charge in [0.1, 0.15) is 0 Å². The van der Waals surface area contributed by atoms with E-state index in [0.29, 0.717) is 0 Å². The SMILES string of the molecule is Cc1cc(N(Cc2ccccc2)Cc2ccccc2)c(CO)cn1. The van der Waals surface area contributed by atoms with Crippen LogP contribution in [0.4, 0.5) is 5.69 Å². The summed E-state index contributed by atoms with van der Waals surface area (Å²) in [6.07, 6.45) is 1.77. The van der Waals surface area contributed by atoms with Crippen molar-refractivity contribution in [2.45, 2.75) is 26.6 Å². The fourth-order valence-electron chi connectivity index (χ4n) is 2.82. The van der Waals surface area contributed by atoms with Crippen LogP contribution in [0.2, 0.25) is 0 Å². The Hall–Kier alpha value is -2.65. The second-order valence-corrected chi connectivity index (χ2v) is 5.94. The van der Waals surface area contributed by atoms with Gasteiger partial charge in [0.2, 0.25) is 0 Å². The molecule has 0 unspecified atom stereocenters. The van der Waals surface area contributed by atoms with Crippen molar-refractivity contribution < 1.29 is 5.11 Å². The van der Waals surface area contributed by atoms with Crippen LogP contribution in [0.15, 0.2) is 72.9 Å². The molecule has 0 spiro atoms. The predicted molar refractivity (Wildman–Crippen MR) is 97.7 cm³/mol. The highest BCUT2D eigenvalue weighted by Crippen LogP contribution is 2.25. The average Bonchev–Trinajstić information content (AvgIpc) is 2.63. The molecule has 0 bridgehead atoms. The number of hydrogen-bond donors (Lipinski definition) is 1. The molecule has 0 radical (unpaired) electrons. The van der Waals surface area contributed by atoms with Crippen LogP contribution in [0.1, 0.15) is 22.4 Å². The normalized spacial score (nSPS) is 10.6. The summed E-state index contributed by atoms with van der Waals surface area (Å²) >= 11 is 0. The van der Waals surface area contributed by atoms with E-state index in [4.69, 9.17) is 0 Å². The van der Waals surface area contributed by atoms with Crippen LogP contribution < -0.4 is 4.90 Å². The maximum Gasteiger partial charge on any atom is 0.0717 e. The minimum Gasteiger partial charge on any atom is -0.392 e. The molecule has 0 aliphatic rings. The number of nitrogens with zero attached hydrogens (tertiary/aromatic N) is 2. The maximum atomic E-state index is 9.72. The van der Waals surface area contributed by atoms with Gasteiger partial charge in [0.15, 0.2) is 0 Å². The van der Waals surface area contributed by atoms with Crippen LogP contribution in [-0.4, -0.2) is 10.1 Å². The third-order valence-electron chi connectivity index (χ3n) is 4.04. The van der Waals surface area contributed by atoms with Crippen LogP contribution in [-0.2, 0) is 19.7 Å². The molecule has 0 fully saturated rings. The first-order chi connectivity index (χ1) is 11.8. The number of hydrogen-bond acceptors (Lipinski definition) is 3. The molecule has 0 aliphatic heterocycles. The molecular weight excluding hydrogens is 296 g/mol. The van der Waals surface area contributed by atoms with Crippen molar-refractivity contribution in [2.75, 3.05) is 4.90 Å². The first kappa shape index (κ1) is 16.2. The van der Waals surface area contributed by atoms with Gasteiger partial charge in [-0.15, -0.1) is 0 Å². The van der Waals surface area contributed by atoms with Gasteiger partial charge in [-0.05, 0) is 24.1 Å². The van der Waals surface area contributed by atoms with Gasteiger partial charge < -0.3 is 10.0 Å². The molecule has 24 heavy (non-hydrogen) atoms. The molecule has 0 aliphatic carbocycles. The smallest absolute Gasteiger partial charge is 0.0717 e. The van der Waals surface area contributed by atoms with Crippen molar-refractivity contribution in [2.24, 2.45) is 0 Å². The topological polar surface area (TPSA) is 36.4 Å². The van der Waals surface area contributed by atoms with E-state index in [1.54, 1.807) is 6.20 Å². The second kappa shape index (κ2) is 7.75. The Balaban J connectivity index is 1.96. The molecule has 1 aromatic heterocycles. The van der Waals surface area contributed by atoms with Gasteiger partial charge in [0.25, 0.3) is 0 Å². The number of aromatic nitrogens is 1. The highest BCUT2D eigenvalue weighted by atomic mass is 16.3. The van der Waals surface area contributed by atoms with Crippen LogP contribution in [0, 0.1) is 6.92 Å². The summed E-state index contributed by atoms with van der Waals surface area (Å²) in [6, 6.07) is 22.9. The molecule has 1 heterocycles. The molecule has 122 valence electrons. The summed E-state index contributed by atoms with van der Waals surface area (Å²) in [5.41, 5.74) is 5.33. The van der Waals surface area contributed by atoms with Gasteiger partial charge in [-0.3, -0.25) is 4.98 Å². The van der Waals surface area contributed by atoms with Crippen molar-refractivity contribution in [3.05, 3.63) is 95.3 Å². The van der Waals surface area contributed by atoms with E-state index in [1.807, 2.05) is 19.1 Å². The van der Waals surface area contributed by atoms with Gasteiger partial charge in [0, 0.05) is 36.2 Å². The number of pyridine rings is 1. The molecule has 1 N–H and O–H groups in total. The summed E-state index contributed by atoms with van der Waals surface area (Å²) in [5.74, 6) is 0. The predicted octanol–water partition coefficient (Wildman–Crippen LogP) is 4.09. The molecule has 3 rings (SSSR count). The number of rotatable bonds is 6. The molecule has 2 aromatic carbocycles. The number of anilines is 1. The molecule has 3 aromatic rings. The lowest BCUT2D eigenvalue weighted by atomic mass is 10.1. The molecule has 0 atom stereocenters. The number of benzene rings is 2. The maximum absolute atomic E-state index is 9.72. The minimum atomic E-state index is -0.0112. The fraction of sp³-hybridized carbons (Fsp3) is 0.190. The highest BCUT2D eigenvalue weighted by molar-refractivity contribution is 5.54. The number of aliphatic hydroxyl groups excluding tert-OH is 1. The van der Waals surface area contributed by atoms with Crippen molar-refractivity contribution in [3.63, 3.8) is 0 Å². The van der Waals surface area contributed by atoms with Crippen LogP contribution in [0.5, 0.6) is 0 Å². The van der Waals surface area contributed by atoms with E-state index < -0.39 is 0 Å². The number of aliphatic hydroxyl groups is 1. The molecule has 0 saturated carbocycles. The van der Waals surface area contributed by atoms with E-state index in [0.717, 1.165) is 30.0 Å². The van der Waals surface area contributed by atoms with Gasteiger partial charge >= 0.3 is 0 Å². The largest absolute Gasteiger partial charge is 0.392 e. The average molecular weight is 318 g/mol. The Morgan fingerprint density at radius 2 is 1.42 bits per heavy atom. The zero-order valence-electron chi connectivity index (χ0n) is 13.9. The Bertz CT molecular complexity index is 731. The molecular formula is C21H22N2O. The van der Waals surface area contributed by atoms with E-state index in [1.165, 1.54) is 11.1 Å². The second-order valence-electron chi connectivity index (χ2n) is 5.94. The van der Waals surface area contributed by atoms with Crippen molar-refractivity contribution >= 4 is 5.69 Å².